The van der Waals surface area contributed by atoms with E-state index >= 15 is 0 Å². The summed E-state index contributed by atoms with van der Waals surface area (Å²) in [6.45, 7) is 6.35. The summed E-state index contributed by atoms with van der Waals surface area (Å²) in [5, 5.41) is 4.07. The first-order chi connectivity index (χ1) is 7.88. The highest BCUT2D eigenvalue weighted by Gasteiger charge is 2.15. The van der Waals surface area contributed by atoms with Gasteiger partial charge < -0.3 is 10.5 Å². The number of hydrogen-bond acceptors (Lipinski definition) is 4. The highest BCUT2D eigenvalue weighted by Crippen LogP contribution is 2.10. The molecule has 0 saturated heterocycles. The number of esters is 1. The van der Waals surface area contributed by atoms with Crippen molar-refractivity contribution in [2.75, 3.05) is 5.73 Å². The molecule has 5 nitrogen and oxygen atoms in total. The highest BCUT2D eigenvalue weighted by molar-refractivity contribution is 5.69. The maximum absolute atomic E-state index is 11.4. The summed E-state index contributed by atoms with van der Waals surface area (Å²) >= 11 is 0. The van der Waals surface area contributed by atoms with Gasteiger partial charge in [0.25, 0.3) is 0 Å². The van der Waals surface area contributed by atoms with Gasteiger partial charge in [-0.15, -0.1) is 0 Å². The first-order valence-electron chi connectivity index (χ1n) is 5.87. The molecular weight excluding hydrogens is 218 g/mol. The molecule has 96 valence electrons. The Morgan fingerprint density at radius 3 is 2.71 bits per heavy atom. The Hall–Kier alpha value is -1.52. The summed E-state index contributed by atoms with van der Waals surface area (Å²) in [6, 6.07) is 1.76. The Kier molecular flexibility index (Phi) is 4.54. The van der Waals surface area contributed by atoms with Crippen molar-refractivity contribution in [2.24, 2.45) is 0 Å². The second-order valence-electron chi connectivity index (χ2n) is 5.02. The molecule has 0 bridgehead atoms. The fourth-order valence-corrected chi connectivity index (χ4v) is 1.45. The van der Waals surface area contributed by atoms with E-state index in [4.69, 9.17) is 10.5 Å². The smallest absolute Gasteiger partial charge is 0.306 e. The Labute approximate surface area is 102 Å². The van der Waals surface area contributed by atoms with E-state index in [0.29, 0.717) is 12.2 Å². The summed E-state index contributed by atoms with van der Waals surface area (Å²) < 4.78 is 6.94. The largest absolute Gasteiger partial charge is 0.460 e. The predicted octanol–water partition coefficient (Wildman–Crippen LogP) is 1.98. The van der Waals surface area contributed by atoms with Crippen LogP contribution in [-0.4, -0.2) is 21.4 Å². The zero-order valence-corrected chi connectivity index (χ0v) is 10.8. The van der Waals surface area contributed by atoms with Crippen molar-refractivity contribution in [1.82, 2.24) is 9.78 Å². The second kappa shape index (κ2) is 5.70. The average molecular weight is 239 g/mol. The van der Waals surface area contributed by atoms with Crippen molar-refractivity contribution < 1.29 is 9.53 Å². The van der Waals surface area contributed by atoms with Gasteiger partial charge in [-0.1, -0.05) is 0 Å². The van der Waals surface area contributed by atoms with Gasteiger partial charge in [0.1, 0.15) is 11.4 Å². The van der Waals surface area contributed by atoms with Crippen LogP contribution in [0.3, 0.4) is 0 Å². The number of carbonyl (C=O) groups is 1. The van der Waals surface area contributed by atoms with Crippen molar-refractivity contribution in [2.45, 2.75) is 52.2 Å². The summed E-state index contributed by atoms with van der Waals surface area (Å²) in [7, 11) is 0. The molecule has 0 amide bonds. The van der Waals surface area contributed by atoms with Crippen LogP contribution in [0.2, 0.25) is 0 Å². The number of nitrogens with zero attached hydrogens (tertiary/aromatic N) is 2. The molecule has 1 aromatic heterocycles. The lowest BCUT2D eigenvalue weighted by Crippen LogP contribution is -2.23. The van der Waals surface area contributed by atoms with Crippen LogP contribution in [0.25, 0.3) is 0 Å². The van der Waals surface area contributed by atoms with Crippen LogP contribution in [0.15, 0.2) is 12.3 Å². The molecule has 5 heteroatoms. The quantitative estimate of drug-likeness (QED) is 0.630. The SMILES string of the molecule is CC(C)(C)OC(=O)CCCCn1nccc1N. The van der Waals surface area contributed by atoms with Gasteiger partial charge in [-0.2, -0.15) is 5.10 Å². The van der Waals surface area contributed by atoms with E-state index in [9.17, 15) is 4.79 Å². The number of anilines is 1. The van der Waals surface area contributed by atoms with Crippen LogP contribution in [0.5, 0.6) is 0 Å². The van der Waals surface area contributed by atoms with E-state index in [-0.39, 0.29) is 5.97 Å². The minimum absolute atomic E-state index is 0.147. The molecule has 1 aromatic rings. The van der Waals surface area contributed by atoms with E-state index in [1.54, 1.807) is 16.9 Å². The minimum atomic E-state index is -0.399. The van der Waals surface area contributed by atoms with Gasteiger partial charge in [-0.3, -0.25) is 9.48 Å². The molecule has 0 spiro atoms. The predicted molar refractivity (Wildman–Crippen MR) is 66.3 cm³/mol. The molecular formula is C12H21N3O2. The van der Waals surface area contributed by atoms with Crippen molar-refractivity contribution in [3.8, 4) is 0 Å². The van der Waals surface area contributed by atoms with Crippen LogP contribution >= 0.6 is 0 Å². The Balaban J connectivity index is 2.17. The number of rotatable bonds is 5. The zero-order valence-electron chi connectivity index (χ0n) is 10.8. The number of aromatic nitrogens is 2. The maximum Gasteiger partial charge on any atom is 0.306 e. The van der Waals surface area contributed by atoms with E-state index in [1.165, 1.54) is 0 Å². The van der Waals surface area contributed by atoms with Crippen LogP contribution in [0.1, 0.15) is 40.0 Å². The van der Waals surface area contributed by atoms with Gasteiger partial charge in [0, 0.05) is 13.0 Å². The molecule has 0 fully saturated rings. The number of hydrogen-bond donors (Lipinski definition) is 1. The molecule has 0 unspecified atom stereocenters. The lowest BCUT2D eigenvalue weighted by Gasteiger charge is -2.19. The fraction of sp³-hybridized carbons (Fsp3) is 0.667. The summed E-state index contributed by atoms with van der Waals surface area (Å²) in [5.74, 6) is 0.508. The second-order valence-corrected chi connectivity index (χ2v) is 5.02. The molecule has 1 rings (SSSR count). The molecule has 0 aliphatic carbocycles. The van der Waals surface area contributed by atoms with Gasteiger partial charge >= 0.3 is 5.97 Å². The van der Waals surface area contributed by atoms with Crippen molar-refractivity contribution in [3.05, 3.63) is 12.3 Å². The molecule has 2 N–H and O–H groups in total. The molecule has 0 saturated carbocycles. The number of nitrogen functional groups attached to an aromatic ring is 1. The number of ether oxygens (including phenoxy) is 1. The summed E-state index contributed by atoms with van der Waals surface area (Å²) in [4.78, 5) is 11.4. The van der Waals surface area contributed by atoms with Crippen molar-refractivity contribution >= 4 is 11.8 Å². The van der Waals surface area contributed by atoms with Crippen LogP contribution < -0.4 is 5.73 Å². The van der Waals surface area contributed by atoms with Gasteiger partial charge in [0.15, 0.2) is 0 Å². The molecule has 0 aliphatic rings. The third kappa shape index (κ3) is 5.38. The minimum Gasteiger partial charge on any atom is -0.460 e. The Bertz CT molecular complexity index is 366. The van der Waals surface area contributed by atoms with Gasteiger partial charge in [0.2, 0.25) is 0 Å². The summed E-state index contributed by atoms with van der Waals surface area (Å²) in [5.41, 5.74) is 5.28. The fourth-order valence-electron chi connectivity index (χ4n) is 1.45. The third-order valence-electron chi connectivity index (χ3n) is 2.17. The highest BCUT2D eigenvalue weighted by atomic mass is 16.6. The third-order valence-corrected chi connectivity index (χ3v) is 2.17. The topological polar surface area (TPSA) is 70.1 Å². The van der Waals surface area contributed by atoms with Crippen LogP contribution in [0.4, 0.5) is 5.82 Å². The molecule has 1 heterocycles. The molecule has 17 heavy (non-hydrogen) atoms. The number of carbonyl (C=O) groups excluding carboxylic acids is 1. The number of unbranched alkanes of at least 4 members (excludes halogenated alkanes) is 1. The summed E-state index contributed by atoms with van der Waals surface area (Å²) in [6.07, 6.45) is 3.76. The van der Waals surface area contributed by atoms with E-state index < -0.39 is 5.60 Å². The van der Waals surface area contributed by atoms with Crippen molar-refractivity contribution in [1.29, 1.82) is 0 Å². The number of aryl methyl sites for hydroxylation is 1. The maximum atomic E-state index is 11.4. The zero-order chi connectivity index (χ0) is 12.9. The molecule has 0 aromatic carbocycles. The van der Waals surface area contributed by atoms with E-state index in [0.717, 1.165) is 19.4 Å². The molecule has 0 aliphatic heterocycles. The van der Waals surface area contributed by atoms with Crippen LogP contribution in [0, 0.1) is 0 Å². The van der Waals surface area contributed by atoms with Crippen molar-refractivity contribution in [3.63, 3.8) is 0 Å². The normalized spacial score (nSPS) is 11.5. The van der Waals surface area contributed by atoms with Gasteiger partial charge in [-0.25, -0.2) is 0 Å². The lowest BCUT2D eigenvalue weighted by atomic mass is 10.2. The average Bonchev–Trinajstić information content (AvgIpc) is 2.56. The van der Waals surface area contributed by atoms with Crippen LogP contribution in [-0.2, 0) is 16.1 Å². The standard InChI is InChI=1S/C12H21N3O2/c1-12(2,3)17-11(16)6-4-5-9-15-10(13)7-8-14-15/h7-8H,4-6,9,13H2,1-3H3. The van der Waals surface area contributed by atoms with E-state index in [1.807, 2.05) is 20.8 Å². The molecule has 0 radical (unpaired) electrons. The monoisotopic (exact) mass is 239 g/mol. The Morgan fingerprint density at radius 2 is 2.18 bits per heavy atom. The first kappa shape index (κ1) is 13.5. The van der Waals surface area contributed by atoms with Gasteiger partial charge in [0.05, 0.1) is 6.20 Å². The number of nitrogens with two attached hydrogens (primary N) is 1. The van der Waals surface area contributed by atoms with E-state index in [2.05, 4.69) is 5.10 Å². The van der Waals surface area contributed by atoms with Gasteiger partial charge in [-0.05, 0) is 39.7 Å². The first-order valence-corrected chi connectivity index (χ1v) is 5.87. The molecule has 0 atom stereocenters. The lowest BCUT2D eigenvalue weighted by molar-refractivity contribution is -0.154. The Morgan fingerprint density at radius 1 is 1.47 bits per heavy atom.